The van der Waals surface area contributed by atoms with E-state index in [1.807, 2.05) is 12.3 Å². The van der Waals surface area contributed by atoms with Gasteiger partial charge in [-0.1, -0.05) is 0 Å². The third-order valence-corrected chi connectivity index (χ3v) is 5.26. The zero-order chi connectivity index (χ0) is 14.8. The lowest BCUT2D eigenvalue weighted by molar-refractivity contribution is 0.298. The Morgan fingerprint density at radius 1 is 1.33 bits per heavy atom. The molecule has 0 spiro atoms. The maximum Gasteiger partial charge on any atom is 0.148 e. The number of ether oxygens (including phenoxy) is 1. The highest BCUT2D eigenvalue weighted by atomic mass is 79.9. The van der Waals surface area contributed by atoms with Gasteiger partial charge in [-0.2, -0.15) is 0 Å². The quantitative estimate of drug-likeness (QED) is 0.712. The number of hydrogen-bond donors (Lipinski definition) is 1. The van der Waals surface area contributed by atoms with Crippen molar-refractivity contribution < 1.29 is 4.74 Å². The topological polar surface area (TPSA) is 34.1 Å². The van der Waals surface area contributed by atoms with Crippen molar-refractivity contribution in [2.45, 2.75) is 39.0 Å². The summed E-state index contributed by atoms with van der Waals surface area (Å²) in [6.45, 7) is 3.39. The summed E-state index contributed by atoms with van der Waals surface area (Å²) in [5.74, 6) is 0.829. The fourth-order valence-electron chi connectivity index (χ4n) is 2.02. The van der Waals surface area contributed by atoms with E-state index in [2.05, 4.69) is 54.3 Å². The van der Waals surface area contributed by atoms with Gasteiger partial charge in [0.2, 0.25) is 0 Å². The molecule has 112 valence electrons. The zero-order valence-corrected chi connectivity index (χ0v) is 15.6. The molecule has 1 aromatic carbocycles. The second-order valence-electron chi connectivity index (χ2n) is 5.19. The van der Waals surface area contributed by atoms with E-state index in [0.717, 1.165) is 31.9 Å². The average molecular weight is 432 g/mol. The summed E-state index contributed by atoms with van der Waals surface area (Å²) in [5.41, 5.74) is 2.22. The number of aryl methyl sites for hydroxylation is 1. The molecule has 1 N–H and O–H groups in total. The molecule has 1 fully saturated rings. The van der Waals surface area contributed by atoms with Gasteiger partial charge in [0, 0.05) is 18.0 Å². The van der Waals surface area contributed by atoms with Gasteiger partial charge in [0.05, 0.1) is 19.6 Å². The van der Waals surface area contributed by atoms with Crippen molar-refractivity contribution in [2.75, 3.05) is 0 Å². The highest BCUT2D eigenvalue weighted by molar-refractivity contribution is 9.11. The lowest BCUT2D eigenvalue weighted by Gasteiger charge is -2.12. The van der Waals surface area contributed by atoms with Crippen LogP contribution in [0, 0.1) is 6.92 Å². The van der Waals surface area contributed by atoms with Crippen LogP contribution in [0.25, 0.3) is 0 Å². The Kier molecular flexibility index (Phi) is 4.99. The first-order valence-corrected chi connectivity index (χ1v) is 9.33. The number of nitrogens with zero attached hydrogens (tertiary/aromatic N) is 1. The SMILES string of the molecule is Cc1nc(COc2c(Br)cc(CNC3CC3)cc2Br)cs1. The number of rotatable bonds is 6. The molecule has 0 atom stereocenters. The molecular formula is C15H16Br2N2OS. The monoisotopic (exact) mass is 430 g/mol. The van der Waals surface area contributed by atoms with Crippen LogP contribution in [-0.4, -0.2) is 11.0 Å². The van der Waals surface area contributed by atoms with Crippen molar-refractivity contribution in [1.82, 2.24) is 10.3 Å². The second kappa shape index (κ2) is 6.77. The minimum absolute atomic E-state index is 0.487. The highest BCUT2D eigenvalue weighted by Gasteiger charge is 2.20. The molecule has 0 unspecified atom stereocenters. The van der Waals surface area contributed by atoms with Crippen LogP contribution in [0.15, 0.2) is 26.5 Å². The molecule has 0 amide bonds. The smallest absolute Gasteiger partial charge is 0.148 e. The van der Waals surface area contributed by atoms with E-state index < -0.39 is 0 Å². The summed E-state index contributed by atoms with van der Waals surface area (Å²) in [7, 11) is 0. The van der Waals surface area contributed by atoms with Crippen LogP contribution in [0.3, 0.4) is 0 Å². The summed E-state index contributed by atoms with van der Waals surface area (Å²) in [5, 5.41) is 6.61. The summed E-state index contributed by atoms with van der Waals surface area (Å²) >= 11 is 8.84. The Hall–Kier alpha value is -0.430. The summed E-state index contributed by atoms with van der Waals surface area (Å²) in [4.78, 5) is 4.41. The van der Waals surface area contributed by atoms with E-state index >= 15 is 0 Å². The molecular weight excluding hydrogens is 416 g/mol. The number of hydrogen-bond acceptors (Lipinski definition) is 4. The molecule has 3 rings (SSSR count). The largest absolute Gasteiger partial charge is 0.485 e. The van der Waals surface area contributed by atoms with Gasteiger partial charge in [-0.25, -0.2) is 4.98 Å². The van der Waals surface area contributed by atoms with Crippen LogP contribution in [0.4, 0.5) is 0 Å². The Labute approximate surface area is 145 Å². The van der Waals surface area contributed by atoms with Gasteiger partial charge in [-0.05, 0) is 69.3 Å². The fraction of sp³-hybridized carbons (Fsp3) is 0.400. The fourth-order valence-corrected chi connectivity index (χ4v) is 4.13. The second-order valence-corrected chi connectivity index (χ2v) is 7.96. The minimum atomic E-state index is 0.487. The van der Waals surface area contributed by atoms with Crippen molar-refractivity contribution in [1.29, 1.82) is 0 Å². The van der Waals surface area contributed by atoms with Crippen molar-refractivity contribution in [3.05, 3.63) is 42.7 Å². The molecule has 21 heavy (non-hydrogen) atoms. The van der Waals surface area contributed by atoms with Gasteiger partial charge in [-0.15, -0.1) is 11.3 Å². The van der Waals surface area contributed by atoms with E-state index in [1.54, 1.807) is 11.3 Å². The first-order valence-electron chi connectivity index (χ1n) is 6.87. The van der Waals surface area contributed by atoms with E-state index in [4.69, 9.17) is 4.74 Å². The Morgan fingerprint density at radius 3 is 2.62 bits per heavy atom. The van der Waals surface area contributed by atoms with Crippen LogP contribution in [0.2, 0.25) is 0 Å². The van der Waals surface area contributed by atoms with Crippen LogP contribution in [-0.2, 0) is 13.2 Å². The maximum atomic E-state index is 5.89. The number of benzene rings is 1. The summed E-state index contributed by atoms with van der Waals surface area (Å²) in [6, 6.07) is 4.94. The van der Waals surface area contributed by atoms with Gasteiger partial charge < -0.3 is 10.1 Å². The van der Waals surface area contributed by atoms with Crippen LogP contribution in [0.1, 0.15) is 29.1 Å². The van der Waals surface area contributed by atoms with Crippen LogP contribution < -0.4 is 10.1 Å². The number of aromatic nitrogens is 1. The Balaban J connectivity index is 1.66. The molecule has 1 aliphatic rings. The van der Waals surface area contributed by atoms with Crippen molar-refractivity contribution in [2.24, 2.45) is 0 Å². The molecule has 6 heteroatoms. The lowest BCUT2D eigenvalue weighted by Crippen LogP contribution is -2.15. The van der Waals surface area contributed by atoms with Gasteiger partial charge in [-0.3, -0.25) is 0 Å². The Bertz CT molecular complexity index is 617. The predicted molar refractivity (Wildman–Crippen MR) is 92.9 cm³/mol. The van der Waals surface area contributed by atoms with Gasteiger partial charge in [0.25, 0.3) is 0 Å². The lowest BCUT2D eigenvalue weighted by atomic mass is 10.2. The summed E-state index contributed by atoms with van der Waals surface area (Å²) in [6.07, 6.45) is 2.60. The van der Waals surface area contributed by atoms with Crippen LogP contribution in [0.5, 0.6) is 5.75 Å². The van der Waals surface area contributed by atoms with Gasteiger partial charge in [0.15, 0.2) is 0 Å². The average Bonchev–Trinajstić information content (AvgIpc) is 3.17. The van der Waals surface area contributed by atoms with Crippen molar-refractivity contribution >= 4 is 43.2 Å². The first-order chi connectivity index (χ1) is 10.1. The molecule has 3 nitrogen and oxygen atoms in total. The zero-order valence-electron chi connectivity index (χ0n) is 11.7. The molecule has 1 heterocycles. The third kappa shape index (κ3) is 4.28. The summed E-state index contributed by atoms with van der Waals surface area (Å²) < 4.78 is 7.83. The molecule has 1 saturated carbocycles. The normalized spacial score (nSPS) is 14.4. The minimum Gasteiger partial charge on any atom is -0.485 e. The van der Waals surface area contributed by atoms with Crippen molar-refractivity contribution in [3.63, 3.8) is 0 Å². The number of halogens is 2. The molecule has 2 aromatic rings. The predicted octanol–water partition coefficient (Wildman–Crippen LogP) is 4.81. The van der Waals surface area contributed by atoms with Gasteiger partial charge in [0.1, 0.15) is 12.4 Å². The molecule has 1 aromatic heterocycles. The number of nitrogens with one attached hydrogen (secondary N) is 1. The van der Waals surface area contributed by atoms with E-state index in [-0.39, 0.29) is 0 Å². The van der Waals surface area contributed by atoms with E-state index in [0.29, 0.717) is 12.6 Å². The van der Waals surface area contributed by atoms with Crippen LogP contribution >= 0.6 is 43.2 Å². The van der Waals surface area contributed by atoms with E-state index in [1.165, 1.54) is 18.4 Å². The van der Waals surface area contributed by atoms with Crippen molar-refractivity contribution in [3.8, 4) is 5.75 Å². The number of thiazole rings is 1. The maximum absolute atomic E-state index is 5.89. The van der Waals surface area contributed by atoms with E-state index in [9.17, 15) is 0 Å². The third-order valence-electron chi connectivity index (χ3n) is 3.26. The highest BCUT2D eigenvalue weighted by Crippen LogP contribution is 2.35. The molecule has 1 aliphatic carbocycles. The molecule has 0 saturated heterocycles. The molecule has 0 aliphatic heterocycles. The molecule has 0 bridgehead atoms. The first kappa shape index (κ1) is 15.5. The Morgan fingerprint density at radius 2 is 2.05 bits per heavy atom. The standard InChI is InChI=1S/C15H16Br2N2OS/c1-9-19-12(8-21-9)7-20-15-13(16)4-10(5-14(15)17)6-18-11-2-3-11/h4-5,8,11,18H,2-3,6-7H2,1H3. The van der Waals surface area contributed by atoms with Gasteiger partial charge >= 0.3 is 0 Å². The molecule has 0 radical (unpaired) electrons.